The number of aryl methyl sites for hydroxylation is 1. The predicted octanol–water partition coefficient (Wildman–Crippen LogP) is 5.13. The molecule has 0 spiro atoms. The highest BCUT2D eigenvalue weighted by Crippen LogP contribution is 2.36. The second-order valence-electron chi connectivity index (χ2n) is 7.16. The number of halogens is 1. The number of aromatic nitrogens is 2. The summed E-state index contributed by atoms with van der Waals surface area (Å²) < 4.78 is 15.4. The molecule has 0 unspecified atom stereocenters. The van der Waals surface area contributed by atoms with Crippen LogP contribution in [0.25, 0.3) is 20.3 Å². The lowest BCUT2D eigenvalue weighted by Crippen LogP contribution is -2.16. The molecule has 2 N–H and O–H groups in total. The molecular formula is C21H20FN3OS. The molecule has 4 aromatic rings. The van der Waals surface area contributed by atoms with Crippen LogP contribution in [0.2, 0.25) is 0 Å². The Balaban J connectivity index is 1.65. The average Bonchev–Trinajstić information content (AvgIpc) is 2.98. The van der Waals surface area contributed by atoms with Crippen LogP contribution in [-0.4, -0.2) is 15.1 Å². The minimum absolute atomic E-state index is 0.310. The molecule has 0 radical (unpaired) electrons. The van der Waals surface area contributed by atoms with Crippen LogP contribution in [-0.2, 0) is 12.1 Å². The van der Waals surface area contributed by atoms with Gasteiger partial charge in [-0.05, 0) is 50.6 Å². The van der Waals surface area contributed by atoms with Crippen LogP contribution in [0, 0.1) is 12.7 Å². The molecule has 6 heteroatoms. The number of nitrogens with one attached hydrogen (secondary N) is 1. The molecule has 3 aromatic heterocycles. The van der Waals surface area contributed by atoms with E-state index in [0.29, 0.717) is 17.7 Å². The van der Waals surface area contributed by atoms with E-state index >= 15 is 0 Å². The predicted molar refractivity (Wildman–Crippen MR) is 109 cm³/mol. The van der Waals surface area contributed by atoms with Crippen molar-refractivity contribution in [1.29, 1.82) is 0 Å². The summed E-state index contributed by atoms with van der Waals surface area (Å²) in [7, 11) is 0. The number of hydrogen-bond donors (Lipinski definition) is 2. The maximum atomic E-state index is 14.4. The van der Waals surface area contributed by atoms with Crippen molar-refractivity contribution < 1.29 is 9.50 Å². The van der Waals surface area contributed by atoms with Gasteiger partial charge in [0.05, 0.1) is 10.3 Å². The molecule has 1 aromatic carbocycles. The second-order valence-corrected chi connectivity index (χ2v) is 8.16. The van der Waals surface area contributed by atoms with Gasteiger partial charge in [0.25, 0.3) is 0 Å². The maximum Gasteiger partial charge on any atom is 0.144 e. The molecule has 3 heterocycles. The van der Waals surface area contributed by atoms with Gasteiger partial charge in [0.15, 0.2) is 0 Å². The Morgan fingerprint density at radius 1 is 1.15 bits per heavy atom. The number of pyridine rings is 2. The quantitative estimate of drug-likeness (QED) is 0.514. The van der Waals surface area contributed by atoms with Gasteiger partial charge < -0.3 is 10.4 Å². The molecule has 0 saturated carbocycles. The van der Waals surface area contributed by atoms with E-state index in [2.05, 4.69) is 21.4 Å². The normalized spacial score (nSPS) is 12.0. The van der Waals surface area contributed by atoms with Gasteiger partial charge in [-0.15, -0.1) is 11.3 Å². The number of rotatable bonds is 4. The second kappa shape index (κ2) is 6.55. The van der Waals surface area contributed by atoms with E-state index < -0.39 is 5.60 Å². The standard InChI is InChI=1S/C21H20FN3OS/c1-12-4-7-16-15-8-9-23-19(18(15)27-20(16)25-12)24-11-13-5-6-14(10-17(13)22)21(2,3)26/h4-10,26H,11H2,1-3H3,(H,23,24). The molecule has 27 heavy (non-hydrogen) atoms. The van der Waals surface area contributed by atoms with Crippen LogP contribution >= 0.6 is 11.3 Å². The Hall–Kier alpha value is -2.57. The van der Waals surface area contributed by atoms with Gasteiger partial charge in [-0.25, -0.2) is 14.4 Å². The summed E-state index contributed by atoms with van der Waals surface area (Å²) in [4.78, 5) is 10.0. The average molecular weight is 381 g/mol. The zero-order valence-electron chi connectivity index (χ0n) is 15.4. The Kier molecular flexibility index (Phi) is 4.32. The number of benzene rings is 1. The number of nitrogens with zero attached hydrogens (tertiary/aromatic N) is 2. The van der Waals surface area contributed by atoms with Crippen LogP contribution in [0.4, 0.5) is 10.2 Å². The topological polar surface area (TPSA) is 58.0 Å². The van der Waals surface area contributed by atoms with E-state index in [9.17, 15) is 9.50 Å². The zero-order chi connectivity index (χ0) is 19.2. The largest absolute Gasteiger partial charge is 0.386 e. The number of hydrogen-bond acceptors (Lipinski definition) is 5. The fraction of sp³-hybridized carbons (Fsp3) is 0.238. The van der Waals surface area contributed by atoms with Crippen molar-refractivity contribution in [2.24, 2.45) is 0 Å². The smallest absolute Gasteiger partial charge is 0.144 e. The zero-order valence-corrected chi connectivity index (χ0v) is 16.2. The summed E-state index contributed by atoms with van der Waals surface area (Å²) in [6.45, 7) is 5.56. The summed E-state index contributed by atoms with van der Waals surface area (Å²) in [5.41, 5.74) is 0.986. The molecule has 0 aliphatic carbocycles. The molecular weight excluding hydrogens is 361 g/mol. The van der Waals surface area contributed by atoms with Crippen LogP contribution in [0.3, 0.4) is 0 Å². The minimum Gasteiger partial charge on any atom is -0.386 e. The summed E-state index contributed by atoms with van der Waals surface area (Å²) in [5, 5.41) is 15.5. The van der Waals surface area contributed by atoms with Crippen molar-refractivity contribution in [2.45, 2.75) is 32.9 Å². The van der Waals surface area contributed by atoms with Crippen molar-refractivity contribution in [3.63, 3.8) is 0 Å². The number of anilines is 1. The highest BCUT2D eigenvalue weighted by atomic mass is 32.1. The number of thiophene rings is 1. The van der Waals surface area contributed by atoms with Crippen molar-refractivity contribution in [1.82, 2.24) is 9.97 Å². The van der Waals surface area contributed by atoms with E-state index in [4.69, 9.17) is 0 Å². The van der Waals surface area contributed by atoms with Gasteiger partial charge in [-0.3, -0.25) is 0 Å². The van der Waals surface area contributed by atoms with E-state index in [1.54, 1.807) is 43.5 Å². The molecule has 4 rings (SSSR count). The lowest BCUT2D eigenvalue weighted by atomic mass is 9.97. The summed E-state index contributed by atoms with van der Waals surface area (Å²) in [6.07, 6.45) is 1.75. The van der Waals surface area contributed by atoms with Gasteiger partial charge in [0, 0.05) is 34.8 Å². The van der Waals surface area contributed by atoms with E-state index in [1.165, 1.54) is 6.07 Å². The molecule has 4 nitrogen and oxygen atoms in total. The highest BCUT2D eigenvalue weighted by molar-refractivity contribution is 7.26. The summed E-state index contributed by atoms with van der Waals surface area (Å²) >= 11 is 1.58. The van der Waals surface area contributed by atoms with Gasteiger partial charge >= 0.3 is 0 Å². The minimum atomic E-state index is -1.07. The summed E-state index contributed by atoms with van der Waals surface area (Å²) in [5.74, 6) is 0.377. The first kappa shape index (κ1) is 17.8. The Labute approximate surface area is 160 Å². The lowest BCUT2D eigenvalue weighted by molar-refractivity contribution is 0.0782. The first-order valence-electron chi connectivity index (χ1n) is 8.73. The molecule has 0 bridgehead atoms. The molecule has 0 aliphatic rings. The molecule has 0 saturated heterocycles. The molecule has 0 amide bonds. The first-order valence-corrected chi connectivity index (χ1v) is 9.54. The van der Waals surface area contributed by atoms with Crippen molar-refractivity contribution >= 4 is 37.5 Å². The van der Waals surface area contributed by atoms with Gasteiger partial charge in [0.2, 0.25) is 0 Å². The molecule has 0 fully saturated rings. The Morgan fingerprint density at radius 3 is 2.70 bits per heavy atom. The third-order valence-corrected chi connectivity index (χ3v) is 5.72. The lowest BCUT2D eigenvalue weighted by Gasteiger charge is -2.18. The Bertz CT molecular complexity index is 1150. The van der Waals surface area contributed by atoms with Crippen LogP contribution in [0.15, 0.2) is 42.6 Å². The summed E-state index contributed by atoms with van der Waals surface area (Å²) in [6, 6.07) is 10.9. The number of fused-ring (bicyclic) bond motifs is 3. The van der Waals surface area contributed by atoms with E-state index in [0.717, 1.165) is 31.8 Å². The van der Waals surface area contributed by atoms with Gasteiger partial charge in [0.1, 0.15) is 16.5 Å². The van der Waals surface area contributed by atoms with E-state index in [1.807, 2.05) is 19.1 Å². The fourth-order valence-corrected chi connectivity index (χ4v) is 4.23. The molecule has 0 aliphatic heterocycles. The third-order valence-electron chi connectivity index (χ3n) is 4.60. The highest BCUT2D eigenvalue weighted by Gasteiger charge is 2.18. The van der Waals surface area contributed by atoms with Crippen molar-refractivity contribution in [3.8, 4) is 0 Å². The molecule has 0 atom stereocenters. The van der Waals surface area contributed by atoms with Crippen molar-refractivity contribution in [2.75, 3.05) is 5.32 Å². The maximum absolute atomic E-state index is 14.4. The van der Waals surface area contributed by atoms with Crippen LogP contribution in [0.5, 0.6) is 0 Å². The Morgan fingerprint density at radius 2 is 1.96 bits per heavy atom. The SMILES string of the molecule is Cc1ccc2c(n1)sc1c(NCc3ccc(C(C)(C)O)cc3F)nccc12. The van der Waals surface area contributed by atoms with Crippen LogP contribution in [0.1, 0.15) is 30.7 Å². The molecule has 138 valence electrons. The third kappa shape index (κ3) is 3.38. The van der Waals surface area contributed by atoms with Gasteiger partial charge in [-0.1, -0.05) is 12.1 Å². The first-order chi connectivity index (χ1) is 12.8. The fourth-order valence-electron chi connectivity index (χ4n) is 3.05. The van der Waals surface area contributed by atoms with E-state index in [-0.39, 0.29) is 5.82 Å². The van der Waals surface area contributed by atoms with Gasteiger partial charge in [-0.2, -0.15) is 0 Å². The number of aliphatic hydroxyl groups is 1. The monoisotopic (exact) mass is 381 g/mol. The van der Waals surface area contributed by atoms with Crippen molar-refractivity contribution in [3.05, 3.63) is 65.2 Å². The van der Waals surface area contributed by atoms with Crippen LogP contribution < -0.4 is 5.32 Å².